The van der Waals surface area contributed by atoms with Gasteiger partial charge < -0.3 is 20.1 Å². The maximum atomic E-state index is 14.2. The highest BCUT2D eigenvalue weighted by molar-refractivity contribution is 5.95. The van der Waals surface area contributed by atoms with Crippen LogP contribution in [0.2, 0.25) is 0 Å². The van der Waals surface area contributed by atoms with E-state index in [1.54, 1.807) is 11.0 Å². The highest BCUT2D eigenvalue weighted by atomic mass is 19.1. The molecule has 1 aromatic carbocycles. The molecule has 1 saturated heterocycles. The Morgan fingerprint density at radius 2 is 2.09 bits per heavy atom. The number of nitrogens with zero attached hydrogens (tertiary/aromatic N) is 1. The van der Waals surface area contributed by atoms with Crippen LogP contribution in [0.3, 0.4) is 0 Å². The van der Waals surface area contributed by atoms with Crippen molar-refractivity contribution in [1.82, 2.24) is 5.32 Å². The topological polar surface area (TPSA) is 61.8 Å². The average Bonchev–Trinajstić information content (AvgIpc) is 2.47. The summed E-state index contributed by atoms with van der Waals surface area (Å²) in [6, 6.07) is 4.55. The van der Waals surface area contributed by atoms with Gasteiger partial charge in [0.05, 0.1) is 5.56 Å². The Hall–Kier alpha value is -1.66. The van der Waals surface area contributed by atoms with Crippen molar-refractivity contribution in [1.29, 1.82) is 0 Å². The molecule has 1 aliphatic rings. The molecule has 1 fully saturated rings. The smallest absolute Gasteiger partial charge is 0.254 e. The van der Waals surface area contributed by atoms with Crippen LogP contribution in [0.4, 0.5) is 10.1 Å². The van der Waals surface area contributed by atoms with E-state index in [2.05, 4.69) is 5.32 Å². The quantitative estimate of drug-likeness (QED) is 0.866. The molecule has 0 atom stereocenters. The molecule has 0 spiro atoms. The first kappa shape index (κ1) is 16.7. The van der Waals surface area contributed by atoms with Gasteiger partial charge in [-0.05, 0) is 37.5 Å². The van der Waals surface area contributed by atoms with Gasteiger partial charge in [-0.2, -0.15) is 0 Å². The van der Waals surface area contributed by atoms with E-state index in [-0.39, 0.29) is 12.2 Å². The minimum Gasteiger partial charge on any atom is -0.396 e. The maximum absolute atomic E-state index is 14.2. The Morgan fingerprint density at radius 1 is 1.41 bits per heavy atom. The third-order valence-corrected chi connectivity index (χ3v) is 4.13. The standard InChI is InChI=1S/C16H23FN2O3/c1-19(2)12-3-4-13(14(17)11-12)15(21)18-16(5-8-20)6-9-22-10-7-16/h3-4,11,20H,5-10H2,1-2H3,(H,18,21). The zero-order valence-corrected chi connectivity index (χ0v) is 13.1. The lowest BCUT2D eigenvalue weighted by Gasteiger charge is -2.37. The number of carbonyl (C=O) groups is 1. The van der Waals surface area contributed by atoms with Crippen LogP contribution >= 0.6 is 0 Å². The minimum atomic E-state index is -0.546. The van der Waals surface area contributed by atoms with Crippen LogP contribution in [0.5, 0.6) is 0 Å². The van der Waals surface area contributed by atoms with Crippen molar-refractivity contribution in [3.63, 3.8) is 0 Å². The van der Waals surface area contributed by atoms with Gasteiger partial charge in [-0.15, -0.1) is 0 Å². The number of hydrogen-bond acceptors (Lipinski definition) is 4. The molecule has 22 heavy (non-hydrogen) atoms. The molecule has 1 aliphatic heterocycles. The number of benzene rings is 1. The fourth-order valence-electron chi connectivity index (χ4n) is 2.69. The number of ether oxygens (including phenoxy) is 1. The Bertz CT molecular complexity index is 523. The molecule has 1 aromatic rings. The summed E-state index contributed by atoms with van der Waals surface area (Å²) in [6.45, 7) is 1.03. The molecule has 6 heteroatoms. The van der Waals surface area contributed by atoms with Gasteiger partial charge in [0.15, 0.2) is 0 Å². The molecule has 2 rings (SSSR count). The third-order valence-electron chi connectivity index (χ3n) is 4.13. The Kier molecular flexibility index (Phi) is 5.37. The number of carbonyl (C=O) groups excluding carboxylic acids is 1. The Balaban J connectivity index is 2.16. The summed E-state index contributed by atoms with van der Waals surface area (Å²) in [5.41, 5.74) is 0.205. The SMILES string of the molecule is CN(C)c1ccc(C(=O)NC2(CCO)CCOCC2)c(F)c1. The Morgan fingerprint density at radius 3 is 2.64 bits per heavy atom. The van der Waals surface area contributed by atoms with Gasteiger partial charge in [0.25, 0.3) is 5.91 Å². The molecule has 1 heterocycles. The molecule has 0 radical (unpaired) electrons. The molecule has 0 bridgehead atoms. The van der Waals surface area contributed by atoms with Crippen molar-refractivity contribution in [3.8, 4) is 0 Å². The predicted molar refractivity (Wildman–Crippen MR) is 82.7 cm³/mol. The van der Waals surface area contributed by atoms with Crippen LogP contribution in [0.1, 0.15) is 29.6 Å². The van der Waals surface area contributed by atoms with Crippen molar-refractivity contribution in [3.05, 3.63) is 29.6 Å². The molecule has 0 saturated carbocycles. The van der Waals surface area contributed by atoms with Crippen LogP contribution in [0.15, 0.2) is 18.2 Å². The fraction of sp³-hybridized carbons (Fsp3) is 0.562. The average molecular weight is 310 g/mol. The van der Waals surface area contributed by atoms with Crippen LogP contribution in [0.25, 0.3) is 0 Å². The van der Waals surface area contributed by atoms with Crippen molar-refractivity contribution in [2.24, 2.45) is 0 Å². The van der Waals surface area contributed by atoms with Gasteiger partial charge in [-0.25, -0.2) is 4.39 Å². The molecule has 1 amide bonds. The number of hydrogen-bond donors (Lipinski definition) is 2. The number of amides is 1. The van der Waals surface area contributed by atoms with E-state index in [1.807, 2.05) is 14.1 Å². The van der Waals surface area contributed by atoms with Crippen LogP contribution in [-0.4, -0.2) is 50.5 Å². The summed E-state index contributed by atoms with van der Waals surface area (Å²) in [5, 5.41) is 12.2. The summed E-state index contributed by atoms with van der Waals surface area (Å²) in [6.07, 6.45) is 1.69. The van der Waals surface area contributed by atoms with Crippen molar-refractivity contribution < 1.29 is 19.0 Å². The van der Waals surface area contributed by atoms with E-state index in [4.69, 9.17) is 4.74 Å². The Labute approximate surface area is 130 Å². The lowest BCUT2D eigenvalue weighted by atomic mass is 9.86. The number of nitrogens with one attached hydrogen (secondary N) is 1. The minimum absolute atomic E-state index is 0.0226. The summed E-state index contributed by atoms with van der Waals surface area (Å²) < 4.78 is 19.5. The maximum Gasteiger partial charge on any atom is 0.254 e. The summed E-state index contributed by atoms with van der Waals surface area (Å²) in [7, 11) is 3.62. The number of aliphatic hydroxyl groups is 1. The summed E-state index contributed by atoms with van der Waals surface area (Å²) in [5.74, 6) is -0.993. The van der Waals surface area contributed by atoms with E-state index in [0.29, 0.717) is 38.2 Å². The molecular formula is C16H23FN2O3. The number of rotatable bonds is 5. The third kappa shape index (κ3) is 3.75. The van der Waals surface area contributed by atoms with E-state index in [1.165, 1.54) is 12.1 Å². The zero-order chi connectivity index (χ0) is 16.2. The van der Waals surface area contributed by atoms with E-state index >= 15 is 0 Å². The van der Waals surface area contributed by atoms with Crippen LogP contribution in [0, 0.1) is 5.82 Å². The molecular weight excluding hydrogens is 287 g/mol. The second-order valence-corrected chi connectivity index (χ2v) is 5.88. The van der Waals surface area contributed by atoms with Gasteiger partial charge >= 0.3 is 0 Å². The predicted octanol–water partition coefficient (Wildman–Crippen LogP) is 1.55. The molecule has 0 unspecified atom stereocenters. The van der Waals surface area contributed by atoms with E-state index in [0.717, 1.165) is 0 Å². The second kappa shape index (κ2) is 7.07. The van der Waals surface area contributed by atoms with Gasteiger partial charge in [0.1, 0.15) is 5.82 Å². The van der Waals surface area contributed by atoms with Crippen LogP contribution in [-0.2, 0) is 4.74 Å². The van der Waals surface area contributed by atoms with Crippen molar-refractivity contribution in [2.75, 3.05) is 38.8 Å². The largest absolute Gasteiger partial charge is 0.396 e. The lowest BCUT2D eigenvalue weighted by Crippen LogP contribution is -2.52. The molecule has 0 aromatic heterocycles. The van der Waals surface area contributed by atoms with Gasteiger partial charge in [-0.1, -0.05) is 0 Å². The molecule has 122 valence electrons. The molecule has 2 N–H and O–H groups in total. The van der Waals surface area contributed by atoms with Gasteiger partial charge in [-0.3, -0.25) is 4.79 Å². The van der Waals surface area contributed by atoms with Gasteiger partial charge in [0, 0.05) is 45.1 Å². The zero-order valence-electron chi connectivity index (χ0n) is 13.1. The first-order valence-corrected chi connectivity index (χ1v) is 7.45. The highest BCUT2D eigenvalue weighted by Crippen LogP contribution is 2.25. The van der Waals surface area contributed by atoms with E-state index in [9.17, 15) is 14.3 Å². The summed E-state index contributed by atoms with van der Waals surface area (Å²) >= 11 is 0. The van der Waals surface area contributed by atoms with Crippen LogP contribution < -0.4 is 10.2 Å². The monoisotopic (exact) mass is 310 g/mol. The summed E-state index contributed by atoms with van der Waals surface area (Å²) in [4.78, 5) is 14.2. The first-order chi connectivity index (χ1) is 10.5. The second-order valence-electron chi connectivity index (χ2n) is 5.88. The molecule has 5 nitrogen and oxygen atoms in total. The number of aliphatic hydroxyl groups excluding tert-OH is 1. The van der Waals surface area contributed by atoms with Crippen molar-refractivity contribution >= 4 is 11.6 Å². The van der Waals surface area contributed by atoms with Gasteiger partial charge in [0.2, 0.25) is 0 Å². The fourth-order valence-corrected chi connectivity index (χ4v) is 2.69. The number of anilines is 1. The van der Waals surface area contributed by atoms with E-state index < -0.39 is 17.3 Å². The first-order valence-electron chi connectivity index (χ1n) is 7.45. The lowest BCUT2D eigenvalue weighted by molar-refractivity contribution is 0.0266. The van der Waals surface area contributed by atoms with Crippen molar-refractivity contribution in [2.45, 2.75) is 24.8 Å². The normalized spacial score (nSPS) is 17.1. The molecule has 0 aliphatic carbocycles. The number of halogens is 1. The highest BCUT2D eigenvalue weighted by Gasteiger charge is 2.34.